The number of hydrogen-bond donors (Lipinski definition) is 1. The van der Waals surface area contributed by atoms with Gasteiger partial charge in [0, 0.05) is 0 Å². The van der Waals surface area contributed by atoms with Crippen LogP contribution < -0.4 is 0 Å². The molecule has 0 aliphatic carbocycles. The summed E-state index contributed by atoms with van der Waals surface area (Å²) in [5.41, 5.74) is -0.325. The normalized spacial score (nSPS) is 31.4. The summed E-state index contributed by atoms with van der Waals surface area (Å²) in [6.07, 6.45) is 8.96. The average Bonchev–Trinajstić information content (AvgIpc) is 2.45. The Hall–Kier alpha value is -0.870. The Morgan fingerprint density at radius 3 is 2.67 bits per heavy atom. The molecule has 4 nitrogen and oxygen atoms in total. The number of hydrogen-bond acceptors (Lipinski definition) is 3. The molecule has 0 radical (unpaired) electrons. The quantitative estimate of drug-likeness (QED) is 0.534. The van der Waals surface area contributed by atoms with E-state index >= 15 is 0 Å². The SMILES string of the molecule is CC/C=C/C(CC)CC1(C)CC(CC)C(CC(=O)O)OO1. The van der Waals surface area contributed by atoms with Crippen LogP contribution >= 0.6 is 0 Å². The third-order valence-electron chi connectivity index (χ3n) is 4.36. The van der Waals surface area contributed by atoms with E-state index in [1.807, 2.05) is 0 Å². The third-order valence-corrected chi connectivity index (χ3v) is 4.36. The van der Waals surface area contributed by atoms with Gasteiger partial charge < -0.3 is 5.11 Å². The average molecular weight is 298 g/mol. The summed E-state index contributed by atoms with van der Waals surface area (Å²) in [4.78, 5) is 22.0. The maximum absolute atomic E-state index is 10.9. The van der Waals surface area contributed by atoms with Gasteiger partial charge in [0.05, 0.1) is 6.42 Å². The predicted molar refractivity (Wildman–Crippen MR) is 82.8 cm³/mol. The number of rotatable bonds is 8. The molecule has 0 amide bonds. The second-order valence-electron chi connectivity index (χ2n) is 6.35. The highest BCUT2D eigenvalue weighted by atomic mass is 17.2. The molecule has 4 heteroatoms. The minimum absolute atomic E-state index is 0.0154. The van der Waals surface area contributed by atoms with Crippen LogP contribution in [0.3, 0.4) is 0 Å². The third kappa shape index (κ3) is 5.79. The van der Waals surface area contributed by atoms with Crippen molar-refractivity contribution < 1.29 is 19.7 Å². The fourth-order valence-corrected chi connectivity index (χ4v) is 3.11. The van der Waals surface area contributed by atoms with Crippen molar-refractivity contribution in [3.8, 4) is 0 Å². The van der Waals surface area contributed by atoms with Crippen LogP contribution in [0.25, 0.3) is 0 Å². The van der Waals surface area contributed by atoms with Crippen molar-refractivity contribution in [2.45, 2.75) is 77.9 Å². The second-order valence-corrected chi connectivity index (χ2v) is 6.35. The molecule has 0 saturated carbocycles. The Kier molecular flexibility index (Phi) is 7.40. The smallest absolute Gasteiger partial charge is 0.306 e. The van der Waals surface area contributed by atoms with Gasteiger partial charge in [-0.05, 0) is 44.4 Å². The van der Waals surface area contributed by atoms with Crippen molar-refractivity contribution in [2.24, 2.45) is 11.8 Å². The zero-order valence-electron chi connectivity index (χ0n) is 13.8. The van der Waals surface area contributed by atoms with E-state index in [9.17, 15) is 4.79 Å². The molecule has 0 aromatic heterocycles. The van der Waals surface area contributed by atoms with Crippen LogP contribution in [-0.2, 0) is 14.6 Å². The minimum Gasteiger partial charge on any atom is -0.481 e. The lowest BCUT2D eigenvalue weighted by atomic mass is 9.79. The Morgan fingerprint density at radius 1 is 1.43 bits per heavy atom. The van der Waals surface area contributed by atoms with Gasteiger partial charge in [-0.3, -0.25) is 4.79 Å². The van der Waals surface area contributed by atoms with Crippen LogP contribution in [0.4, 0.5) is 0 Å². The Bertz CT molecular complexity index is 353. The summed E-state index contributed by atoms with van der Waals surface area (Å²) >= 11 is 0. The van der Waals surface area contributed by atoms with E-state index in [1.54, 1.807) is 0 Å². The molecule has 1 rings (SSSR count). The molecule has 1 saturated heterocycles. The first kappa shape index (κ1) is 18.2. The maximum atomic E-state index is 10.9. The van der Waals surface area contributed by atoms with Crippen LogP contribution in [0.1, 0.15) is 66.2 Å². The second kappa shape index (κ2) is 8.54. The van der Waals surface area contributed by atoms with E-state index in [0.29, 0.717) is 5.92 Å². The molecule has 122 valence electrons. The van der Waals surface area contributed by atoms with Gasteiger partial charge in [0.1, 0.15) is 11.7 Å². The van der Waals surface area contributed by atoms with Crippen molar-refractivity contribution in [1.82, 2.24) is 0 Å². The first-order chi connectivity index (χ1) is 9.94. The van der Waals surface area contributed by atoms with Crippen molar-refractivity contribution in [3.05, 3.63) is 12.2 Å². The summed E-state index contributed by atoms with van der Waals surface area (Å²) in [7, 11) is 0. The first-order valence-electron chi connectivity index (χ1n) is 8.17. The molecule has 4 atom stereocenters. The molecule has 1 aliphatic rings. The Balaban J connectivity index is 2.66. The number of allylic oxidation sites excluding steroid dienone is 2. The maximum Gasteiger partial charge on any atom is 0.306 e. The highest BCUT2D eigenvalue weighted by Crippen LogP contribution is 2.39. The van der Waals surface area contributed by atoms with Crippen LogP contribution in [-0.4, -0.2) is 22.8 Å². The topological polar surface area (TPSA) is 55.8 Å². The molecule has 0 aromatic rings. The van der Waals surface area contributed by atoms with Gasteiger partial charge in [0.2, 0.25) is 0 Å². The number of aliphatic carboxylic acids is 1. The zero-order valence-corrected chi connectivity index (χ0v) is 13.8. The van der Waals surface area contributed by atoms with E-state index in [2.05, 4.69) is 39.8 Å². The lowest BCUT2D eigenvalue weighted by Gasteiger charge is -2.41. The number of carboxylic acid groups (broad SMARTS) is 1. The lowest BCUT2D eigenvalue weighted by molar-refractivity contribution is -0.419. The summed E-state index contributed by atoms with van der Waals surface area (Å²) in [5.74, 6) is -0.109. The fourth-order valence-electron chi connectivity index (χ4n) is 3.11. The molecular weight excluding hydrogens is 268 g/mol. The molecule has 1 heterocycles. The van der Waals surface area contributed by atoms with Crippen LogP contribution in [0.15, 0.2) is 12.2 Å². The van der Waals surface area contributed by atoms with Gasteiger partial charge in [-0.1, -0.05) is 39.3 Å². The molecule has 1 N–H and O–H groups in total. The zero-order chi connectivity index (χ0) is 15.9. The molecule has 1 fully saturated rings. The number of carbonyl (C=O) groups is 1. The summed E-state index contributed by atoms with van der Waals surface area (Å²) < 4.78 is 0. The molecule has 21 heavy (non-hydrogen) atoms. The molecule has 4 unspecified atom stereocenters. The minimum atomic E-state index is -0.831. The van der Waals surface area contributed by atoms with Gasteiger partial charge in [-0.15, -0.1) is 0 Å². The van der Waals surface area contributed by atoms with Gasteiger partial charge in [-0.25, -0.2) is 9.78 Å². The predicted octanol–water partition coefficient (Wildman–Crippen LogP) is 4.35. The first-order valence-corrected chi connectivity index (χ1v) is 8.17. The summed E-state index contributed by atoms with van der Waals surface area (Å²) in [5, 5.41) is 8.95. The highest BCUT2D eigenvalue weighted by Gasteiger charge is 2.41. The summed E-state index contributed by atoms with van der Waals surface area (Å²) in [6.45, 7) is 8.48. The van der Waals surface area contributed by atoms with E-state index in [-0.39, 0.29) is 24.0 Å². The molecule has 0 aromatic carbocycles. The Morgan fingerprint density at radius 2 is 2.14 bits per heavy atom. The molecular formula is C17H30O4. The van der Waals surface area contributed by atoms with Crippen LogP contribution in [0, 0.1) is 11.8 Å². The highest BCUT2D eigenvalue weighted by molar-refractivity contribution is 5.67. The van der Waals surface area contributed by atoms with Crippen LogP contribution in [0.5, 0.6) is 0 Å². The van der Waals surface area contributed by atoms with E-state index in [0.717, 1.165) is 32.1 Å². The fraction of sp³-hybridized carbons (Fsp3) is 0.824. The summed E-state index contributed by atoms with van der Waals surface area (Å²) in [6, 6.07) is 0. The van der Waals surface area contributed by atoms with Crippen molar-refractivity contribution in [1.29, 1.82) is 0 Å². The van der Waals surface area contributed by atoms with Crippen molar-refractivity contribution in [3.63, 3.8) is 0 Å². The largest absolute Gasteiger partial charge is 0.481 e. The molecule has 1 aliphatic heterocycles. The van der Waals surface area contributed by atoms with E-state index in [4.69, 9.17) is 14.9 Å². The van der Waals surface area contributed by atoms with Gasteiger partial charge >= 0.3 is 5.97 Å². The Labute approximate surface area is 128 Å². The van der Waals surface area contributed by atoms with E-state index in [1.165, 1.54) is 0 Å². The lowest BCUT2D eigenvalue weighted by Crippen LogP contribution is -2.44. The van der Waals surface area contributed by atoms with E-state index < -0.39 is 5.97 Å². The monoisotopic (exact) mass is 298 g/mol. The van der Waals surface area contributed by atoms with Gasteiger partial charge in [0.25, 0.3) is 0 Å². The van der Waals surface area contributed by atoms with Crippen molar-refractivity contribution >= 4 is 5.97 Å². The van der Waals surface area contributed by atoms with Gasteiger partial charge in [0.15, 0.2) is 0 Å². The van der Waals surface area contributed by atoms with Crippen molar-refractivity contribution in [2.75, 3.05) is 0 Å². The van der Waals surface area contributed by atoms with Gasteiger partial charge in [-0.2, -0.15) is 0 Å². The molecule has 0 bridgehead atoms. The molecule has 0 spiro atoms. The number of carboxylic acids is 1. The van der Waals surface area contributed by atoms with Crippen LogP contribution in [0.2, 0.25) is 0 Å². The standard InChI is InChI=1S/C17H30O4/c1-5-8-9-13(6-2)11-17(4)12-14(7-3)15(20-21-17)10-16(18)19/h8-9,13-15H,5-7,10-12H2,1-4H3,(H,18,19)/b9-8+.